The van der Waals surface area contributed by atoms with Gasteiger partial charge in [-0.2, -0.15) is 0 Å². The molecular formula is C16H24N2O3. The van der Waals surface area contributed by atoms with Crippen LogP contribution in [0, 0.1) is 0 Å². The van der Waals surface area contributed by atoms with Crippen molar-refractivity contribution in [2.45, 2.75) is 44.6 Å². The van der Waals surface area contributed by atoms with E-state index in [4.69, 9.17) is 10.5 Å². The number of nitrogens with one attached hydrogen (secondary N) is 1. The van der Waals surface area contributed by atoms with Crippen molar-refractivity contribution in [1.29, 1.82) is 0 Å². The maximum atomic E-state index is 12.6. The number of nitrogen functional groups attached to an aromatic ring is 1. The third-order valence-corrected chi connectivity index (χ3v) is 4.07. The zero-order chi connectivity index (χ0) is 15.3. The molecule has 1 amide bonds. The second-order valence-electron chi connectivity index (χ2n) is 5.61. The highest BCUT2D eigenvalue weighted by Crippen LogP contribution is 2.30. The Morgan fingerprint density at radius 2 is 2.10 bits per heavy atom. The monoisotopic (exact) mass is 292 g/mol. The van der Waals surface area contributed by atoms with E-state index in [1.165, 1.54) is 0 Å². The summed E-state index contributed by atoms with van der Waals surface area (Å²) < 4.78 is 5.50. The van der Waals surface area contributed by atoms with Gasteiger partial charge >= 0.3 is 0 Å². The highest BCUT2D eigenvalue weighted by molar-refractivity contribution is 5.99. The summed E-state index contributed by atoms with van der Waals surface area (Å²) in [5.74, 6) is 0.183. The van der Waals surface area contributed by atoms with Crippen molar-refractivity contribution in [2.75, 3.05) is 18.9 Å². The number of para-hydroxylation sites is 1. The van der Waals surface area contributed by atoms with Gasteiger partial charge in [-0.05, 0) is 31.9 Å². The molecule has 5 heteroatoms. The van der Waals surface area contributed by atoms with Crippen molar-refractivity contribution in [1.82, 2.24) is 5.32 Å². The average Bonchev–Trinajstić information content (AvgIpc) is 2.50. The van der Waals surface area contributed by atoms with Gasteiger partial charge in [-0.25, -0.2) is 0 Å². The van der Waals surface area contributed by atoms with E-state index in [1.54, 1.807) is 18.2 Å². The molecule has 0 atom stereocenters. The van der Waals surface area contributed by atoms with Crippen molar-refractivity contribution in [3.63, 3.8) is 0 Å². The van der Waals surface area contributed by atoms with Crippen LogP contribution in [0.2, 0.25) is 0 Å². The van der Waals surface area contributed by atoms with Crippen LogP contribution in [0.3, 0.4) is 0 Å². The molecule has 1 fully saturated rings. The molecule has 0 aliphatic heterocycles. The maximum Gasteiger partial charge on any atom is 0.255 e. The first kappa shape index (κ1) is 15.6. The van der Waals surface area contributed by atoms with Crippen LogP contribution in [0.4, 0.5) is 5.69 Å². The summed E-state index contributed by atoms with van der Waals surface area (Å²) in [4.78, 5) is 12.6. The standard InChI is InChI=1S/C16H24N2O3/c1-2-21-14-12(7-6-8-13(14)17)15(20)18-16(11-19)9-4-3-5-10-16/h6-8,19H,2-5,9-11,17H2,1H3,(H,18,20). The molecule has 0 bridgehead atoms. The van der Waals surface area contributed by atoms with E-state index in [2.05, 4.69) is 5.32 Å². The third kappa shape index (κ3) is 3.47. The zero-order valence-corrected chi connectivity index (χ0v) is 12.5. The van der Waals surface area contributed by atoms with Gasteiger partial charge in [-0.1, -0.05) is 25.3 Å². The van der Waals surface area contributed by atoms with Gasteiger partial charge < -0.3 is 20.9 Å². The quantitative estimate of drug-likeness (QED) is 0.726. The lowest BCUT2D eigenvalue weighted by Crippen LogP contribution is -2.52. The van der Waals surface area contributed by atoms with Gasteiger partial charge in [0.2, 0.25) is 0 Å². The summed E-state index contributed by atoms with van der Waals surface area (Å²) in [6.07, 6.45) is 4.81. The van der Waals surface area contributed by atoms with E-state index < -0.39 is 5.54 Å². The van der Waals surface area contributed by atoms with Crippen LogP contribution in [0.5, 0.6) is 5.75 Å². The van der Waals surface area contributed by atoms with Crippen LogP contribution in [-0.4, -0.2) is 29.8 Å². The number of amides is 1. The van der Waals surface area contributed by atoms with Gasteiger partial charge in [0.1, 0.15) is 0 Å². The van der Waals surface area contributed by atoms with Gasteiger partial charge in [0, 0.05) is 0 Å². The van der Waals surface area contributed by atoms with E-state index in [-0.39, 0.29) is 12.5 Å². The molecular weight excluding hydrogens is 268 g/mol. The summed E-state index contributed by atoms with van der Waals surface area (Å²) >= 11 is 0. The van der Waals surface area contributed by atoms with Crippen molar-refractivity contribution in [2.24, 2.45) is 0 Å². The number of benzene rings is 1. The number of carbonyl (C=O) groups is 1. The molecule has 0 spiro atoms. The highest BCUT2D eigenvalue weighted by atomic mass is 16.5. The van der Waals surface area contributed by atoms with Crippen LogP contribution in [0.15, 0.2) is 18.2 Å². The van der Waals surface area contributed by atoms with Crippen molar-refractivity contribution >= 4 is 11.6 Å². The van der Waals surface area contributed by atoms with Gasteiger partial charge in [-0.15, -0.1) is 0 Å². The lowest BCUT2D eigenvalue weighted by Gasteiger charge is -2.36. The molecule has 1 aromatic rings. The molecule has 0 unspecified atom stereocenters. The minimum atomic E-state index is -0.510. The fraction of sp³-hybridized carbons (Fsp3) is 0.562. The fourth-order valence-electron chi connectivity index (χ4n) is 2.90. The molecule has 1 saturated carbocycles. The van der Waals surface area contributed by atoms with E-state index in [0.717, 1.165) is 32.1 Å². The Morgan fingerprint density at radius 3 is 2.71 bits per heavy atom. The number of hydrogen-bond donors (Lipinski definition) is 3. The molecule has 1 aromatic carbocycles. The number of aliphatic hydroxyl groups excluding tert-OH is 1. The normalized spacial score (nSPS) is 17.2. The Kier molecular flexibility index (Phi) is 5.07. The summed E-state index contributed by atoms with van der Waals surface area (Å²) in [5, 5.41) is 12.7. The van der Waals surface area contributed by atoms with Crippen LogP contribution < -0.4 is 15.8 Å². The number of hydrogen-bond acceptors (Lipinski definition) is 4. The smallest absolute Gasteiger partial charge is 0.255 e. The highest BCUT2D eigenvalue weighted by Gasteiger charge is 2.33. The van der Waals surface area contributed by atoms with Gasteiger partial charge in [0.05, 0.1) is 30.0 Å². The van der Waals surface area contributed by atoms with E-state index in [9.17, 15) is 9.90 Å². The van der Waals surface area contributed by atoms with Crippen LogP contribution >= 0.6 is 0 Å². The molecule has 0 heterocycles. The van der Waals surface area contributed by atoms with Crippen LogP contribution in [0.1, 0.15) is 49.4 Å². The molecule has 4 N–H and O–H groups in total. The van der Waals surface area contributed by atoms with Crippen molar-refractivity contribution in [3.05, 3.63) is 23.8 Å². The number of carbonyl (C=O) groups excluding carboxylic acids is 1. The number of rotatable bonds is 5. The lowest BCUT2D eigenvalue weighted by atomic mass is 9.82. The number of nitrogens with two attached hydrogens (primary N) is 1. The summed E-state index contributed by atoms with van der Waals surface area (Å²) in [6.45, 7) is 2.26. The molecule has 1 aliphatic rings. The Morgan fingerprint density at radius 1 is 1.38 bits per heavy atom. The lowest BCUT2D eigenvalue weighted by molar-refractivity contribution is 0.0755. The molecule has 0 aromatic heterocycles. The number of ether oxygens (including phenoxy) is 1. The molecule has 116 valence electrons. The van der Waals surface area contributed by atoms with Gasteiger partial charge in [0.25, 0.3) is 5.91 Å². The Hall–Kier alpha value is -1.75. The molecule has 5 nitrogen and oxygen atoms in total. The minimum Gasteiger partial charge on any atom is -0.491 e. The van der Waals surface area contributed by atoms with Crippen LogP contribution in [-0.2, 0) is 0 Å². The summed E-state index contributed by atoms with van der Waals surface area (Å²) in [7, 11) is 0. The average molecular weight is 292 g/mol. The van der Waals surface area contributed by atoms with Gasteiger partial charge in [0.15, 0.2) is 5.75 Å². The van der Waals surface area contributed by atoms with E-state index in [1.807, 2.05) is 6.92 Å². The Bertz CT molecular complexity index is 496. The predicted molar refractivity (Wildman–Crippen MR) is 82.4 cm³/mol. The van der Waals surface area contributed by atoms with Gasteiger partial charge in [-0.3, -0.25) is 4.79 Å². The predicted octanol–water partition coefficient (Wildman–Crippen LogP) is 2.09. The SMILES string of the molecule is CCOc1c(N)cccc1C(=O)NC1(CO)CCCCC1. The summed E-state index contributed by atoms with van der Waals surface area (Å²) in [5.41, 5.74) is 6.26. The number of aliphatic hydroxyl groups is 1. The second kappa shape index (κ2) is 6.80. The molecule has 1 aliphatic carbocycles. The minimum absolute atomic E-state index is 0.0367. The van der Waals surface area contributed by atoms with E-state index in [0.29, 0.717) is 23.6 Å². The van der Waals surface area contributed by atoms with Crippen molar-refractivity contribution in [3.8, 4) is 5.75 Å². The topological polar surface area (TPSA) is 84.6 Å². The van der Waals surface area contributed by atoms with E-state index >= 15 is 0 Å². The second-order valence-corrected chi connectivity index (χ2v) is 5.61. The molecule has 0 radical (unpaired) electrons. The molecule has 0 saturated heterocycles. The fourth-order valence-corrected chi connectivity index (χ4v) is 2.90. The third-order valence-electron chi connectivity index (χ3n) is 4.07. The molecule has 2 rings (SSSR count). The van der Waals surface area contributed by atoms with Crippen molar-refractivity contribution < 1.29 is 14.6 Å². The largest absolute Gasteiger partial charge is 0.491 e. The zero-order valence-electron chi connectivity index (χ0n) is 12.5. The first-order valence-electron chi connectivity index (χ1n) is 7.56. The summed E-state index contributed by atoms with van der Waals surface area (Å²) in [6, 6.07) is 5.15. The molecule has 21 heavy (non-hydrogen) atoms. The first-order valence-corrected chi connectivity index (χ1v) is 7.56. The maximum absolute atomic E-state index is 12.6. The first-order chi connectivity index (χ1) is 10.1. The Labute approximate surface area is 125 Å². The van der Waals surface area contributed by atoms with Crippen LogP contribution in [0.25, 0.3) is 0 Å². The Balaban J connectivity index is 2.21. The number of anilines is 1.